The van der Waals surface area contributed by atoms with Crippen LogP contribution in [-0.2, 0) is 4.74 Å². The smallest absolute Gasteiger partial charge is 0.317 e. The maximum absolute atomic E-state index is 12.2. The van der Waals surface area contributed by atoms with Crippen molar-refractivity contribution in [3.63, 3.8) is 0 Å². The summed E-state index contributed by atoms with van der Waals surface area (Å²) in [5, 5.41) is 15.9. The number of morpholine rings is 1. The Morgan fingerprint density at radius 3 is 3.25 bits per heavy atom. The van der Waals surface area contributed by atoms with Crippen molar-refractivity contribution in [1.29, 1.82) is 0 Å². The van der Waals surface area contributed by atoms with E-state index in [9.17, 15) is 4.79 Å². The summed E-state index contributed by atoms with van der Waals surface area (Å²) in [5.41, 5.74) is 1.14. The summed E-state index contributed by atoms with van der Waals surface area (Å²) in [5.74, 6) is 0. The van der Waals surface area contributed by atoms with Crippen molar-refractivity contribution < 1.29 is 14.6 Å². The second-order valence-electron chi connectivity index (χ2n) is 5.08. The minimum atomic E-state index is -0.0426. The predicted molar refractivity (Wildman–Crippen MR) is 78.9 cm³/mol. The second kappa shape index (κ2) is 7.61. The van der Waals surface area contributed by atoms with Crippen LogP contribution in [-0.4, -0.2) is 48.4 Å². The van der Waals surface area contributed by atoms with Crippen LogP contribution in [0.5, 0.6) is 0 Å². The molecule has 0 spiro atoms. The fraction of sp³-hybridized carbons (Fsp3) is 0.643. The van der Waals surface area contributed by atoms with E-state index in [-0.39, 0.29) is 24.8 Å². The Balaban J connectivity index is 1.84. The van der Waals surface area contributed by atoms with Crippen LogP contribution >= 0.6 is 11.3 Å². The molecule has 112 valence electrons. The molecule has 1 aromatic rings. The second-order valence-corrected chi connectivity index (χ2v) is 5.86. The molecule has 0 bridgehead atoms. The number of hydrogen-bond acceptors (Lipinski definition) is 4. The lowest BCUT2D eigenvalue weighted by atomic mass is 10.1. The van der Waals surface area contributed by atoms with Gasteiger partial charge < -0.3 is 20.1 Å². The average Bonchev–Trinajstić information content (AvgIpc) is 2.99. The largest absolute Gasteiger partial charge is 0.396 e. The third kappa shape index (κ3) is 4.19. The molecule has 1 fully saturated rings. The van der Waals surface area contributed by atoms with Crippen LogP contribution < -0.4 is 5.32 Å². The number of aliphatic hydroxyl groups is 1. The van der Waals surface area contributed by atoms with E-state index in [0.29, 0.717) is 26.1 Å². The maximum atomic E-state index is 12.2. The molecule has 1 aliphatic heterocycles. The van der Waals surface area contributed by atoms with Crippen LogP contribution in [0.3, 0.4) is 0 Å². The molecular weight excluding hydrogens is 276 g/mol. The monoisotopic (exact) mass is 298 g/mol. The normalized spacial score (nSPS) is 20.7. The van der Waals surface area contributed by atoms with Crippen molar-refractivity contribution in [2.45, 2.75) is 31.9 Å². The van der Waals surface area contributed by atoms with Crippen molar-refractivity contribution in [3.05, 3.63) is 22.4 Å². The third-order valence-electron chi connectivity index (χ3n) is 3.43. The first-order valence-electron chi connectivity index (χ1n) is 7.00. The summed E-state index contributed by atoms with van der Waals surface area (Å²) >= 11 is 1.64. The van der Waals surface area contributed by atoms with Crippen LogP contribution in [0.2, 0.25) is 0 Å². The predicted octanol–water partition coefficient (Wildman–Crippen LogP) is 1.99. The summed E-state index contributed by atoms with van der Waals surface area (Å²) in [6, 6.07) is 2.08. The number of carbonyl (C=O) groups is 1. The number of nitrogens with one attached hydrogen (secondary N) is 1. The Morgan fingerprint density at radius 1 is 1.70 bits per heavy atom. The fourth-order valence-corrected chi connectivity index (χ4v) is 2.97. The number of nitrogens with zero attached hydrogens (tertiary/aromatic N) is 1. The van der Waals surface area contributed by atoms with Crippen molar-refractivity contribution in [2.75, 3.05) is 26.3 Å². The Bertz CT molecular complexity index is 411. The molecule has 2 heterocycles. The lowest BCUT2D eigenvalue weighted by Crippen LogP contribution is -2.49. The van der Waals surface area contributed by atoms with Crippen molar-refractivity contribution in [2.24, 2.45) is 0 Å². The molecular formula is C14H22N2O3S. The van der Waals surface area contributed by atoms with E-state index in [2.05, 4.69) is 10.7 Å². The summed E-state index contributed by atoms with van der Waals surface area (Å²) in [6.07, 6.45) is 1.48. The van der Waals surface area contributed by atoms with Gasteiger partial charge in [0.1, 0.15) is 6.10 Å². The van der Waals surface area contributed by atoms with Crippen LogP contribution in [0, 0.1) is 0 Å². The van der Waals surface area contributed by atoms with Gasteiger partial charge in [0.25, 0.3) is 0 Å². The minimum Gasteiger partial charge on any atom is -0.396 e. The number of amides is 2. The highest BCUT2D eigenvalue weighted by molar-refractivity contribution is 7.07. The van der Waals surface area contributed by atoms with Gasteiger partial charge in [-0.25, -0.2) is 4.79 Å². The van der Waals surface area contributed by atoms with Crippen molar-refractivity contribution >= 4 is 17.4 Å². The summed E-state index contributed by atoms with van der Waals surface area (Å²) in [7, 11) is 0. The van der Waals surface area contributed by atoms with E-state index in [0.717, 1.165) is 12.0 Å². The fourth-order valence-electron chi connectivity index (χ4n) is 2.27. The van der Waals surface area contributed by atoms with E-state index >= 15 is 0 Å². The highest BCUT2D eigenvalue weighted by Gasteiger charge is 2.26. The molecule has 1 saturated heterocycles. The highest BCUT2D eigenvalue weighted by atomic mass is 32.1. The van der Waals surface area contributed by atoms with Crippen LogP contribution in [0.15, 0.2) is 16.8 Å². The Labute approximate surface area is 123 Å². The maximum Gasteiger partial charge on any atom is 0.317 e. The number of thiophene rings is 1. The number of hydrogen-bond donors (Lipinski definition) is 2. The summed E-state index contributed by atoms with van der Waals surface area (Å²) in [6.45, 7) is 3.91. The average molecular weight is 298 g/mol. The molecule has 0 aliphatic carbocycles. The first-order chi connectivity index (χ1) is 9.70. The van der Waals surface area contributed by atoms with Crippen molar-refractivity contribution in [3.8, 4) is 0 Å². The summed E-state index contributed by atoms with van der Waals surface area (Å²) < 4.78 is 5.72. The van der Waals surface area contributed by atoms with Gasteiger partial charge in [0.05, 0.1) is 13.2 Å². The number of ether oxygens (including phenoxy) is 1. The van der Waals surface area contributed by atoms with Gasteiger partial charge in [-0.05, 0) is 42.2 Å². The van der Waals surface area contributed by atoms with E-state index in [1.165, 1.54) is 0 Å². The van der Waals surface area contributed by atoms with Gasteiger partial charge in [0, 0.05) is 19.2 Å². The zero-order chi connectivity index (χ0) is 14.4. The van der Waals surface area contributed by atoms with Crippen LogP contribution in [0.25, 0.3) is 0 Å². The van der Waals surface area contributed by atoms with Crippen molar-refractivity contribution in [1.82, 2.24) is 10.2 Å². The van der Waals surface area contributed by atoms with Gasteiger partial charge in [-0.3, -0.25) is 0 Å². The molecule has 1 aromatic heterocycles. The van der Waals surface area contributed by atoms with Crippen LogP contribution in [0.4, 0.5) is 4.79 Å². The van der Waals surface area contributed by atoms with Gasteiger partial charge >= 0.3 is 6.03 Å². The van der Waals surface area contributed by atoms with E-state index in [4.69, 9.17) is 9.84 Å². The quantitative estimate of drug-likeness (QED) is 0.874. The molecule has 2 atom stereocenters. The van der Waals surface area contributed by atoms with Gasteiger partial charge in [-0.1, -0.05) is 0 Å². The molecule has 0 saturated carbocycles. The van der Waals surface area contributed by atoms with Gasteiger partial charge in [-0.15, -0.1) is 0 Å². The van der Waals surface area contributed by atoms with Crippen LogP contribution in [0.1, 0.15) is 31.4 Å². The molecule has 6 heteroatoms. The van der Waals surface area contributed by atoms with Gasteiger partial charge in [0.15, 0.2) is 0 Å². The highest BCUT2D eigenvalue weighted by Crippen LogP contribution is 2.24. The van der Waals surface area contributed by atoms with Gasteiger partial charge in [0.2, 0.25) is 0 Å². The third-order valence-corrected chi connectivity index (χ3v) is 4.14. The first kappa shape index (κ1) is 15.3. The SMILES string of the molecule is CC(CCCO)NC(=O)N1CCOC(c2ccsc2)C1. The molecule has 0 aromatic carbocycles. The zero-order valence-corrected chi connectivity index (χ0v) is 12.6. The Morgan fingerprint density at radius 2 is 2.55 bits per heavy atom. The number of aliphatic hydroxyl groups excluding tert-OH is 1. The van der Waals surface area contributed by atoms with E-state index in [1.54, 1.807) is 16.2 Å². The molecule has 5 nitrogen and oxygen atoms in total. The Hall–Kier alpha value is -1.11. The molecule has 0 radical (unpaired) electrons. The lowest BCUT2D eigenvalue weighted by Gasteiger charge is -2.33. The molecule has 2 unspecified atom stereocenters. The lowest BCUT2D eigenvalue weighted by molar-refractivity contribution is -0.0155. The van der Waals surface area contributed by atoms with Gasteiger partial charge in [-0.2, -0.15) is 11.3 Å². The summed E-state index contributed by atoms with van der Waals surface area (Å²) in [4.78, 5) is 14.0. The van der Waals surface area contributed by atoms with E-state index in [1.807, 2.05) is 18.4 Å². The van der Waals surface area contributed by atoms with E-state index < -0.39 is 0 Å². The molecule has 2 N–H and O–H groups in total. The number of rotatable bonds is 5. The number of carbonyl (C=O) groups excluding carboxylic acids is 1. The molecule has 1 aliphatic rings. The first-order valence-corrected chi connectivity index (χ1v) is 7.95. The molecule has 20 heavy (non-hydrogen) atoms. The molecule has 2 rings (SSSR count). The minimum absolute atomic E-state index is 0.0199. The number of urea groups is 1. The zero-order valence-electron chi connectivity index (χ0n) is 11.7. The molecule has 2 amide bonds. The Kier molecular flexibility index (Phi) is 5.82. The topological polar surface area (TPSA) is 61.8 Å². The standard InChI is InChI=1S/C14H22N2O3S/c1-11(3-2-6-17)15-14(18)16-5-7-19-13(9-16)12-4-8-20-10-12/h4,8,10-11,13,17H,2-3,5-7,9H2,1H3,(H,15,18).